The predicted molar refractivity (Wildman–Crippen MR) is 99.8 cm³/mol. The number of hydrogen-bond acceptors (Lipinski definition) is 3. The molecule has 2 aromatic carbocycles. The number of anilines is 1. The average molecular weight is 350 g/mol. The van der Waals surface area contributed by atoms with Gasteiger partial charge in [0.25, 0.3) is 0 Å². The van der Waals surface area contributed by atoms with E-state index in [1.165, 1.54) is 0 Å². The van der Waals surface area contributed by atoms with Gasteiger partial charge in [-0.25, -0.2) is 0 Å². The van der Waals surface area contributed by atoms with Crippen LogP contribution in [-0.4, -0.2) is 17.7 Å². The highest BCUT2D eigenvalue weighted by molar-refractivity contribution is 5.99. The van der Waals surface area contributed by atoms with Gasteiger partial charge in [0.05, 0.1) is 5.92 Å². The minimum Gasteiger partial charge on any atom is -0.326 e. The van der Waals surface area contributed by atoms with Crippen molar-refractivity contribution in [3.8, 4) is 0 Å². The van der Waals surface area contributed by atoms with Crippen molar-refractivity contribution in [3.05, 3.63) is 65.2 Å². The van der Waals surface area contributed by atoms with Gasteiger partial charge in [-0.15, -0.1) is 0 Å². The van der Waals surface area contributed by atoms with E-state index >= 15 is 0 Å². The van der Waals surface area contributed by atoms with E-state index in [4.69, 9.17) is 0 Å². The van der Waals surface area contributed by atoms with Gasteiger partial charge >= 0.3 is 0 Å². The van der Waals surface area contributed by atoms with E-state index in [9.17, 15) is 14.4 Å². The molecular formula is C21H22N2O3. The van der Waals surface area contributed by atoms with Gasteiger partial charge in [0, 0.05) is 24.4 Å². The zero-order chi connectivity index (χ0) is 18.7. The standard InChI is InChI=1S/C21H22N2O3/c1-13-5-3-6-15(9-13)14(2)21(26)22-18-8-4-7-16(10-18)17-11-19(24)23-20(25)12-17/h3-10,14,17H,11-12H2,1-2H3,(H,22,26)(H,23,24,25)/t14-/m1/s1. The molecule has 3 amide bonds. The van der Waals surface area contributed by atoms with Crippen LogP contribution in [0.15, 0.2) is 48.5 Å². The summed E-state index contributed by atoms with van der Waals surface area (Å²) in [4.78, 5) is 35.8. The molecule has 0 unspecified atom stereocenters. The minimum atomic E-state index is -0.277. The van der Waals surface area contributed by atoms with Crippen molar-refractivity contribution in [2.24, 2.45) is 0 Å². The van der Waals surface area contributed by atoms with Gasteiger partial charge < -0.3 is 5.32 Å². The lowest BCUT2D eigenvalue weighted by molar-refractivity contribution is -0.133. The van der Waals surface area contributed by atoms with Crippen LogP contribution in [0.5, 0.6) is 0 Å². The smallest absolute Gasteiger partial charge is 0.231 e. The van der Waals surface area contributed by atoms with E-state index in [0.29, 0.717) is 5.69 Å². The molecule has 0 aliphatic carbocycles. The number of hydrogen-bond donors (Lipinski definition) is 2. The molecule has 0 saturated carbocycles. The number of nitrogens with one attached hydrogen (secondary N) is 2. The first-order valence-corrected chi connectivity index (χ1v) is 8.72. The lowest BCUT2D eigenvalue weighted by Gasteiger charge is -2.22. The Bertz CT molecular complexity index is 844. The number of aryl methyl sites for hydroxylation is 1. The molecule has 2 N–H and O–H groups in total. The Labute approximate surface area is 152 Å². The third-order valence-corrected chi connectivity index (χ3v) is 4.70. The van der Waals surface area contributed by atoms with Gasteiger partial charge in [-0.05, 0) is 37.1 Å². The number of carbonyl (C=O) groups is 3. The second kappa shape index (κ2) is 7.52. The molecule has 0 bridgehead atoms. The van der Waals surface area contributed by atoms with Crippen molar-refractivity contribution in [2.75, 3.05) is 5.32 Å². The second-order valence-electron chi connectivity index (χ2n) is 6.83. The molecule has 26 heavy (non-hydrogen) atoms. The van der Waals surface area contributed by atoms with Crippen LogP contribution >= 0.6 is 0 Å². The fourth-order valence-electron chi connectivity index (χ4n) is 3.22. The summed E-state index contributed by atoms with van der Waals surface area (Å²) in [7, 11) is 0. The first-order valence-electron chi connectivity index (χ1n) is 8.72. The maximum absolute atomic E-state index is 12.6. The first-order chi connectivity index (χ1) is 12.4. The first kappa shape index (κ1) is 17.9. The number of piperidine rings is 1. The zero-order valence-corrected chi connectivity index (χ0v) is 14.9. The van der Waals surface area contributed by atoms with Crippen LogP contribution in [0.25, 0.3) is 0 Å². The molecule has 1 aliphatic rings. The summed E-state index contributed by atoms with van der Waals surface area (Å²) in [6.45, 7) is 3.87. The van der Waals surface area contributed by atoms with E-state index in [0.717, 1.165) is 16.7 Å². The van der Waals surface area contributed by atoms with Crippen LogP contribution in [0, 0.1) is 6.92 Å². The highest BCUT2D eigenvalue weighted by Gasteiger charge is 2.26. The van der Waals surface area contributed by atoms with Crippen LogP contribution in [-0.2, 0) is 14.4 Å². The number of benzene rings is 2. The lowest BCUT2D eigenvalue weighted by Crippen LogP contribution is -2.37. The SMILES string of the molecule is Cc1cccc([C@@H](C)C(=O)Nc2cccc(C3CC(=O)NC(=O)C3)c2)c1. The lowest BCUT2D eigenvalue weighted by atomic mass is 9.89. The summed E-state index contributed by atoms with van der Waals surface area (Å²) in [5.41, 5.74) is 3.64. The molecule has 3 rings (SSSR count). The van der Waals surface area contributed by atoms with Gasteiger partial charge in [0.15, 0.2) is 0 Å². The Balaban J connectivity index is 1.73. The highest BCUT2D eigenvalue weighted by Crippen LogP contribution is 2.28. The summed E-state index contributed by atoms with van der Waals surface area (Å²) < 4.78 is 0. The second-order valence-corrected chi connectivity index (χ2v) is 6.83. The minimum absolute atomic E-state index is 0.0924. The van der Waals surface area contributed by atoms with E-state index in [1.54, 1.807) is 0 Å². The van der Waals surface area contributed by atoms with Crippen molar-refractivity contribution < 1.29 is 14.4 Å². The Hall–Kier alpha value is -2.95. The summed E-state index contributed by atoms with van der Waals surface area (Å²) >= 11 is 0. The van der Waals surface area contributed by atoms with Crippen molar-refractivity contribution in [2.45, 2.75) is 38.5 Å². The molecule has 1 heterocycles. The van der Waals surface area contributed by atoms with E-state index in [2.05, 4.69) is 10.6 Å². The van der Waals surface area contributed by atoms with Crippen LogP contribution in [0.3, 0.4) is 0 Å². The van der Waals surface area contributed by atoms with Crippen molar-refractivity contribution in [1.82, 2.24) is 5.32 Å². The van der Waals surface area contributed by atoms with Crippen molar-refractivity contribution >= 4 is 23.4 Å². The Morgan fingerprint density at radius 3 is 2.46 bits per heavy atom. The van der Waals surface area contributed by atoms with Crippen molar-refractivity contribution in [1.29, 1.82) is 0 Å². The van der Waals surface area contributed by atoms with Gasteiger partial charge in [0.2, 0.25) is 17.7 Å². The van der Waals surface area contributed by atoms with Crippen LogP contribution < -0.4 is 10.6 Å². The van der Waals surface area contributed by atoms with Gasteiger partial charge in [-0.1, -0.05) is 42.0 Å². The largest absolute Gasteiger partial charge is 0.326 e. The Morgan fingerprint density at radius 2 is 1.77 bits per heavy atom. The average Bonchev–Trinajstić information content (AvgIpc) is 2.60. The Morgan fingerprint density at radius 1 is 1.08 bits per heavy atom. The highest BCUT2D eigenvalue weighted by atomic mass is 16.2. The van der Waals surface area contributed by atoms with Crippen molar-refractivity contribution in [3.63, 3.8) is 0 Å². The number of imide groups is 1. The fourth-order valence-corrected chi connectivity index (χ4v) is 3.22. The molecule has 1 aliphatic heterocycles. The number of rotatable bonds is 4. The number of amides is 3. The molecule has 2 aromatic rings. The summed E-state index contributed by atoms with van der Waals surface area (Å²) in [5, 5.41) is 5.25. The Kier molecular flexibility index (Phi) is 5.16. The third-order valence-electron chi connectivity index (χ3n) is 4.70. The van der Waals surface area contributed by atoms with Gasteiger partial charge in [-0.2, -0.15) is 0 Å². The van der Waals surface area contributed by atoms with Crippen LogP contribution in [0.4, 0.5) is 5.69 Å². The predicted octanol–water partition coefficient (Wildman–Crippen LogP) is 3.26. The molecule has 5 nitrogen and oxygen atoms in total. The quantitative estimate of drug-likeness (QED) is 0.831. The molecule has 1 atom stereocenters. The summed E-state index contributed by atoms with van der Waals surface area (Å²) in [5.74, 6) is -1.03. The fraction of sp³-hybridized carbons (Fsp3) is 0.286. The normalized spacial score (nSPS) is 16.1. The molecule has 5 heteroatoms. The maximum atomic E-state index is 12.6. The zero-order valence-electron chi connectivity index (χ0n) is 14.9. The summed E-state index contributed by atoms with van der Waals surface area (Å²) in [6.07, 6.45) is 0.561. The molecule has 0 spiro atoms. The molecule has 1 saturated heterocycles. The van der Waals surface area contributed by atoms with Gasteiger partial charge in [0.1, 0.15) is 0 Å². The molecule has 1 fully saturated rings. The van der Waals surface area contributed by atoms with E-state index in [-0.39, 0.29) is 42.4 Å². The van der Waals surface area contributed by atoms with Crippen LogP contribution in [0.2, 0.25) is 0 Å². The molecule has 0 radical (unpaired) electrons. The summed E-state index contributed by atoms with van der Waals surface area (Å²) in [6, 6.07) is 15.3. The maximum Gasteiger partial charge on any atom is 0.231 e. The third kappa shape index (κ3) is 4.17. The number of carbonyl (C=O) groups excluding carboxylic acids is 3. The molecule has 134 valence electrons. The molecule has 0 aromatic heterocycles. The van der Waals surface area contributed by atoms with Crippen LogP contribution in [0.1, 0.15) is 48.3 Å². The topological polar surface area (TPSA) is 75.3 Å². The molecular weight excluding hydrogens is 328 g/mol. The monoisotopic (exact) mass is 350 g/mol. The van der Waals surface area contributed by atoms with Gasteiger partial charge in [-0.3, -0.25) is 19.7 Å². The van der Waals surface area contributed by atoms with E-state index < -0.39 is 0 Å². The van der Waals surface area contributed by atoms with E-state index in [1.807, 2.05) is 62.4 Å².